The minimum Gasteiger partial charge on any atom is -0.354 e. The van der Waals surface area contributed by atoms with Crippen LogP contribution in [0.4, 0.5) is 10.5 Å². The highest BCUT2D eigenvalue weighted by molar-refractivity contribution is 6.34. The number of likely N-dealkylation sites (tertiary alicyclic amines) is 1. The first-order valence-corrected chi connectivity index (χ1v) is 10.2. The summed E-state index contributed by atoms with van der Waals surface area (Å²) in [4.78, 5) is 38.6. The lowest BCUT2D eigenvalue weighted by atomic mass is 9.96. The molecule has 0 unspecified atom stereocenters. The van der Waals surface area contributed by atoms with E-state index in [9.17, 15) is 14.4 Å². The van der Waals surface area contributed by atoms with Gasteiger partial charge in [0.2, 0.25) is 5.91 Å². The third-order valence-corrected chi connectivity index (χ3v) is 5.29. The van der Waals surface area contributed by atoms with Gasteiger partial charge in [0.15, 0.2) is 0 Å². The van der Waals surface area contributed by atoms with E-state index in [1.807, 2.05) is 13.8 Å². The Labute approximate surface area is 170 Å². The van der Waals surface area contributed by atoms with E-state index >= 15 is 0 Å². The first-order valence-electron chi connectivity index (χ1n) is 9.80. The minimum absolute atomic E-state index is 0.0547. The second-order valence-electron chi connectivity index (χ2n) is 7.80. The number of carbonyl (C=O) groups excluding carboxylic acids is 3. The molecule has 2 aliphatic rings. The highest BCUT2D eigenvalue weighted by Gasteiger charge is 2.28. The predicted octanol–water partition coefficient (Wildman–Crippen LogP) is 3.00. The van der Waals surface area contributed by atoms with Crippen molar-refractivity contribution < 1.29 is 14.4 Å². The Hall–Kier alpha value is -2.28. The molecule has 0 radical (unpaired) electrons. The first kappa shape index (κ1) is 20.5. The molecule has 1 saturated heterocycles. The number of amides is 4. The van der Waals surface area contributed by atoms with Gasteiger partial charge in [0.1, 0.15) is 0 Å². The molecule has 0 atom stereocenters. The number of halogens is 1. The zero-order valence-electron chi connectivity index (χ0n) is 16.3. The molecular formula is C20H27ClN4O3. The van der Waals surface area contributed by atoms with E-state index < -0.39 is 0 Å². The minimum atomic E-state index is -0.237. The highest BCUT2D eigenvalue weighted by Crippen LogP contribution is 2.25. The van der Waals surface area contributed by atoms with Gasteiger partial charge in [-0.3, -0.25) is 9.59 Å². The second kappa shape index (κ2) is 8.82. The van der Waals surface area contributed by atoms with Crippen molar-refractivity contribution in [3.63, 3.8) is 0 Å². The fourth-order valence-electron chi connectivity index (χ4n) is 3.22. The Morgan fingerprint density at radius 1 is 1.11 bits per heavy atom. The molecular weight excluding hydrogens is 380 g/mol. The van der Waals surface area contributed by atoms with E-state index in [4.69, 9.17) is 11.6 Å². The summed E-state index contributed by atoms with van der Waals surface area (Å²) in [5.74, 6) is -0.223. The van der Waals surface area contributed by atoms with Crippen LogP contribution in [0.2, 0.25) is 5.02 Å². The average molecular weight is 407 g/mol. The zero-order valence-corrected chi connectivity index (χ0v) is 17.0. The number of piperidine rings is 1. The van der Waals surface area contributed by atoms with Crippen LogP contribution in [-0.2, 0) is 4.79 Å². The Balaban J connectivity index is 1.55. The molecule has 3 rings (SSSR count). The second-order valence-corrected chi connectivity index (χ2v) is 8.20. The monoisotopic (exact) mass is 406 g/mol. The summed E-state index contributed by atoms with van der Waals surface area (Å²) in [5.41, 5.74) is 0.880. The number of nitrogens with one attached hydrogen (secondary N) is 3. The summed E-state index contributed by atoms with van der Waals surface area (Å²) in [7, 11) is 0. The third kappa shape index (κ3) is 5.38. The number of carbonyl (C=O) groups is 3. The van der Waals surface area contributed by atoms with Crippen molar-refractivity contribution in [2.45, 2.75) is 51.6 Å². The number of hydrogen-bond donors (Lipinski definition) is 3. The van der Waals surface area contributed by atoms with Crippen LogP contribution < -0.4 is 16.0 Å². The number of urea groups is 1. The quantitative estimate of drug-likeness (QED) is 0.702. The summed E-state index contributed by atoms with van der Waals surface area (Å²) in [5, 5.41) is 9.01. The molecule has 7 nitrogen and oxygen atoms in total. The van der Waals surface area contributed by atoms with E-state index in [1.165, 1.54) is 0 Å². The van der Waals surface area contributed by atoms with Crippen LogP contribution in [0, 0.1) is 5.92 Å². The Bertz CT molecular complexity index is 756. The maximum atomic E-state index is 12.6. The van der Waals surface area contributed by atoms with Crippen molar-refractivity contribution in [3.05, 3.63) is 28.8 Å². The summed E-state index contributed by atoms with van der Waals surface area (Å²) in [6.45, 7) is 4.91. The van der Waals surface area contributed by atoms with Crippen molar-refractivity contribution in [2.24, 2.45) is 5.92 Å². The van der Waals surface area contributed by atoms with Crippen LogP contribution in [0.3, 0.4) is 0 Å². The number of nitrogens with zero attached hydrogens (tertiary/aromatic N) is 1. The van der Waals surface area contributed by atoms with Gasteiger partial charge in [-0.1, -0.05) is 11.6 Å². The summed E-state index contributed by atoms with van der Waals surface area (Å²) >= 11 is 6.14. The Morgan fingerprint density at radius 2 is 1.79 bits per heavy atom. The van der Waals surface area contributed by atoms with Crippen LogP contribution in [-0.4, -0.2) is 47.9 Å². The van der Waals surface area contributed by atoms with Crippen molar-refractivity contribution in [2.75, 3.05) is 18.4 Å². The van der Waals surface area contributed by atoms with Crippen LogP contribution in [0.25, 0.3) is 0 Å². The van der Waals surface area contributed by atoms with E-state index in [-0.39, 0.29) is 35.8 Å². The molecule has 1 aromatic carbocycles. The third-order valence-electron chi connectivity index (χ3n) is 4.96. The fraction of sp³-hybridized carbons (Fsp3) is 0.550. The number of benzene rings is 1. The summed E-state index contributed by atoms with van der Waals surface area (Å²) in [6.07, 6.45) is 3.26. The zero-order chi connectivity index (χ0) is 20.3. The molecule has 2 fully saturated rings. The van der Waals surface area contributed by atoms with Gasteiger partial charge in [-0.2, -0.15) is 0 Å². The molecule has 1 saturated carbocycles. The molecule has 1 heterocycles. The normalized spacial score (nSPS) is 17.4. The van der Waals surface area contributed by atoms with Crippen LogP contribution in [0.5, 0.6) is 0 Å². The van der Waals surface area contributed by atoms with Gasteiger partial charge in [-0.05, 0) is 57.7 Å². The smallest absolute Gasteiger partial charge is 0.321 e. The van der Waals surface area contributed by atoms with E-state index in [2.05, 4.69) is 16.0 Å². The molecule has 1 aliphatic heterocycles. The molecule has 3 N–H and O–H groups in total. The summed E-state index contributed by atoms with van der Waals surface area (Å²) in [6, 6.07) is 5.00. The van der Waals surface area contributed by atoms with Gasteiger partial charge >= 0.3 is 6.03 Å². The van der Waals surface area contributed by atoms with Crippen molar-refractivity contribution in [1.29, 1.82) is 0 Å². The number of hydrogen-bond acceptors (Lipinski definition) is 3. The lowest BCUT2D eigenvalue weighted by Crippen LogP contribution is -2.45. The Morgan fingerprint density at radius 3 is 2.39 bits per heavy atom. The van der Waals surface area contributed by atoms with E-state index in [0.29, 0.717) is 42.2 Å². The predicted molar refractivity (Wildman–Crippen MR) is 109 cm³/mol. The molecule has 8 heteroatoms. The largest absolute Gasteiger partial charge is 0.354 e. The van der Waals surface area contributed by atoms with Gasteiger partial charge in [0, 0.05) is 36.8 Å². The average Bonchev–Trinajstić information content (AvgIpc) is 3.46. The maximum absolute atomic E-state index is 12.6. The van der Waals surface area contributed by atoms with Gasteiger partial charge < -0.3 is 20.9 Å². The van der Waals surface area contributed by atoms with Crippen LogP contribution >= 0.6 is 11.6 Å². The van der Waals surface area contributed by atoms with E-state index in [0.717, 1.165) is 12.8 Å². The standard InChI is InChI=1S/C20H27ClN4O3/c1-12(2)22-18(26)13-7-9-25(10-8-13)20(28)24-15-5-6-17(21)16(11-15)19(27)23-14-3-4-14/h5-6,11-14H,3-4,7-10H2,1-2H3,(H,22,26)(H,23,27)(H,24,28). The maximum Gasteiger partial charge on any atom is 0.321 e. The molecule has 28 heavy (non-hydrogen) atoms. The first-order chi connectivity index (χ1) is 13.3. The van der Waals surface area contributed by atoms with Crippen molar-refractivity contribution in [1.82, 2.24) is 15.5 Å². The van der Waals surface area contributed by atoms with Gasteiger partial charge in [-0.25, -0.2) is 4.79 Å². The molecule has 4 amide bonds. The van der Waals surface area contributed by atoms with Crippen molar-refractivity contribution in [3.8, 4) is 0 Å². The molecule has 152 valence electrons. The SMILES string of the molecule is CC(C)NC(=O)C1CCN(C(=O)Nc2ccc(Cl)c(C(=O)NC3CC3)c2)CC1. The van der Waals surface area contributed by atoms with Crippen molar-refractivity contribution >= 4 is 35.1 Å². The lowest BCUT2D eigenvalue weighted by Gasteiger charge is -2.31. The highest BCUT2D eigenvalue weighted by atomic mass is 35.5. The van der Waals surface area contributed by atoms with Crippen LogP contribution in [0.1, 0.15) is 49.9 Å². The molecule has 0 bridgehead atoms. The number of anilines is 1. The fourth-order valence-corrected chi connectivity index (χ4v) is 3.42. The molecule has 0 aromatic heterocycles. The van der Waals surface area contributed by atoms with Crippen LogP contribution in [0.15, 0.2) is 18.2 Å². The van der Waals surface area contributed by atoms with E-state index in [1.54, 1.807) is 23.1 Å². The lowest BCUT2D eigenvalue weighted by molar-refractivity contribution is -0.126. The molecule has 1 aliphatic carbocycles. The van der Waals surface area contributed by atoms with Gasteiger partial charge in [0.25, 0.3) is 5.91 Å². The van der Waals surface area contributed by atoms with Gasteiger partial charge in [-0.15, -0.1) is 0 Å². The number of rotatable bonds is 5. The topological polar surface area (TPSA) is 90.5 Å². The van der Waals surface area contributed by atoms with Gasteiger partial charge in [0.05, 0.1) is 10.6 Å². The molecule has 1 aromatic rings. The summed E-state index contributed by atoms with van der Waals surface area (Å²) < 4.78 is 0. The Kier molecular flexibility index (Phi) is 6.44. The molecule has 0 spiro atoms.